The highest BCUT2D eigenvalue weighted by Gasteiger charge is 2.43. The van der Waals surface area contributed by atoms with E-state index in [-0.39, 0.29) is 0 Å². The normalized spacial score (nSPS) is 32.0. The average Bonchev–Trinajstić information content (AvgIpc) is 3.11. The van der Waals surface area contributed by atoms with Crippen molar-refractivity contribution in [1.82, 2.24) is 15.1 Å². The summed E-state index contributed by atoms with van der Waals surface area (Å²) in [6.07, 6.45) is 10.0. The minimum Gasteiger partial charge on any atom is -0.375 e. The molecule has 2 saturated heterocycles. The Bertz CT molecular complexity index is 403. The van der Waals surface area contributed by atoms with Crippen LogP contribution in [0.4, 0.5) is 0 Å². The molecule has 1 N–H and O–H groups in total. The van der Waals surface area contributed by atoms with Crippen molar-refractivity contribution in [2.45, 2.75) is 57.4 Å². The zero-order valence-electron chi connectivity index (χ0n) is 11.3. The van der Waals surface area contributed by atoms with Crippen LogP contribution in [0.3, 0.4) is 0 Å². The number of ether oxygens (including phenoxy) is 1. The number of rotatable bonds is 5. The van der Waals surface area contributed by atoms with Crippen molar-refractivity contribution >= 4 is 0 Å². The number of hydrogen-bond donors (Lipinski definition) is 1. The van der Waals surface area contributed by atoms with Crippen LogP contribution in [0.2, 0.25) is 0 Å². The Hall–Kier alpha value is -0.870. The van der Waals surface area contributed by atoms with Crippen molar-refractivity contribution in [3.63, 3.8) is 0 Å². The highest BCUT2D eigenvalue weighted by molar-refractivity contribution is 5.08. The zero-order chi connectivity index (χ0) is 12.5. The fourth-order valence-corrected chi connectivity index (χ4v) is 3.51. The number of aryl methyl sites for hydroxylation is 1. The van der Waals surface area contributed by atoms with Crippen LogP contribution in [0.1, 0.15) is 31.7 Å². The fourth-order valence-electron chi connectivity index (χ4n) is 3.51. The predicted molar refractivity (Wildman–Crippen MR) is 70.5 cm³/mol. The number of nitrogens with one attached hydrogen (secondary N) is 1. The SMILES string of the molecule is CCn1cc(CC(NC)C2CC3CCC2O3)cn1. The Balaban J connectivity index is 1.65. The maximum atomic E-state index is 5.97. The number of nitrogens with zero attached hydrogens (tertiary/aromatic N) is 2. The van der Waals surface area contributed by atoms with E-state index in [4.69, 9.17) is 4.74 Å². The molecule has 100 valence electrons. The van der Waals surface area contributed by atoms with E-state index in [0.717, 1.165) is 13.0 Å². The molecular formula is C14H23N3O. The summed E-state index contributed by atoms with van der Waals surface area (Å²) < 4.78 is 7.97. The average molecular weight is 249 g/mol. The van der Waals surface area contributed by atoms with Gasteiger partial charge in [-0.05, 0) is 45.2 Å². The summed E-state index contributed by atoms with van der Waals surface area (Å²) in [7, 11) is 2.07. The van der Waals surface area contributed by atoms with Gasteiger partial charge < -0.3 is 10.1 Å². The lowest BCUT2D eigenvalue weighted by Gasteiger charge is -2.27. The lowest BCUT2D eigenvalue weighted by atomic mass is 9.82. The Kier molecular flexibility index (Phi) is 3.39. The van der Waals surface area contributed by atoms with Gasteiger partial charge in [0.1, 0.15) is 0 Å². The van der Waals surface area contributed by atoms with Crippen molar-refractivity contribution in [3.05, 3.63) is 18.0 Å². The second kappa shape index (κ2) is 5.02. The lowest BCUT2D eigenvalue weighted by Crippen LogP contribution is -2.40. The molecule has 2 aliphatic rings. The largest absolute Gasteiger partial charge is 0.375 e. The minimum absolute atomic E-state index is 0.494. The van der Waals surface area contributed by atoms with Crippen LogP contribution < -0.4 is 5.32 Å². The van der Waals surface area contributed by atoms with Gasteiger partial charge >= 0.3 is 0 Å². The van der Waals surface area contributed by atoms with Gasteiger partial charge in [0, 0.05) is 24.7 Å². The molecule has 3 rings (SSSR count). The maximum Gasteiger partial charge on any atom is 0.0623 e. The molecular weight excluding hydrogens is 226 g/mol. The fraction of sp³-hybridized carbons (Fsp3) is 0.786. The van der Waals surface area contributed by atoms with E-state index in [1.165, 1.54) is 24.8 Å². The highest BCUT2D eigenvalue weighted by Crippen LogP contribution is 2.40. The Morgan fingerprint density at radius 1 is 1.56 bits per heavy atom. The van der Waals surface area contributed by atoms with Gasteiger partial charge in [0.2, 0.25) is 0 Å². The standard InChI is InChI=1S/C14H23N3O/c1-3-17-9-10(8-16-17)6-13(15-2)12-7-11-4-5-14(12)18-11/h8-9,11-15H,3-7H2,1-2H3. The number of fused-ring (bicyclic) bond motifs is 2. The summed E-state index contributed by atoms with van der Waals surface area (Å²) in [5.41, 5.74) is 1.33. The molecule has 1 aromatic heterocycles. The van der Waals surface area contributed by atoms with Crippen molar-refractivity contribution in [2.24, 2.45) is 5.92 Å². The highest BCUT2D eigenvalue weighted by atomic mass is 16.5. The first-order valence-electron chi connectivity index (χ1n) is 7.14. The van der Waals surface area contributed by atoms with Crippen molar-refractivity contribution < 1.29 is 4.74 Å². The molecule has 18 heavy (non-hydrogen) atoms. The third-order valence-electron chi connectivity index (χ3n) is 4.51. The van der Waals surface area contributed by atoms with Gasteiger partial charge in [-0.2, -0.15) is 5.10 Å². The van der Waals surface area contributed by atoms with Crippen molar-refractivity contribution in [1.29, 1.82) is 0 Å². The summed E-state index contributed by atoms with van der Waals surface area (Å²) in [5.74, 6) is 0.679. The van der Waals surface area contributed by atoms with Gasteiger partial charge in [-0.15, -0.1) is 0 Å². The molecule has 1 aromatic rings. The summed E-state index contributed by atoms with van der Waals surface area (Å²) in [5, 5.41) is 7.84. The van der Waals surface area contributed by atoms with Crippen LogP contribution in [-0.2, 0) is 17.7 Å². The molecule has 0 spiro atoms. The van der Waals surface area contributed by atoms with E-state index in [2.05, 4.69) is 30.6 Å². The quantitative estimate of drug-likeness (QED) is 0.861. The zero-order valence-corrected chi connectivity index (χ0v) is 11.3. The molecule has 3 heterocycles. The smallest absolute Gasteiger partial charge is 0.0623 e. The van der Waals surface area contributed by atoms with E-state index in [1.807, 2.05) is 10.9 Å². The summed E-state index contributed by atoms with van der Waals surface area (Å²) >= 11 is 0. The minimum atomic E-state index is 0.494. The monoisotopic (exact) mass is 249 g/mol. The maximum absolute atomic E-state index is 5.97. The van der Waals surface area contributed by atoms with Crippen LogP contribution >= 0.6 is 0 Å². The molecule has 4 atom stereocenters. The first kappa shape index (κ1) is 12.2. The number of aromatic nitrogens is 2. The van der Waals surface area contributed by atoms with Crippen molar-refractivity contribution in [3.8, 4) is 0 Å². The molecule has 0 amide bonds. The van der Waals surface area contributed by atoms with Crippen LogP contribution in [-0.4, -0.2) is 35.1 Å². The van der Waals surface area contributed by atoms with Gasteiger partial charge in [0.05, 0.1) is 18.4 Å². The predicted octanol–water partition coefficient (Wildman–Crippen LogP) is 1.60. The van der Waals surface area contributed by atoms with Crippen LogP contribution in [0.25, 0.3) is 0 Å². The third kappa shape index (κ3) is 2.19. The van der Waals surface area contributed by atoms with Gasteiger partial charge in [0.15, 0.2) is 0 Å². The first-order chi connectivity index (χ1) is 8.80. The Morgan fingerprint density at radius 2 is 2.44 bits per heavy atom. The molecule has 4 nitrogen and oxygen atoms in total. The molecule has 4 unspecified atom stereocenters. The Labute approximate surface area is 109 Å². The van der Waals surface area contributed by atoms with Crippen LogP contribution in [0, 0.1) is 5.92 Å². The van der Waals surface area contributed by atoms with Crippen LogP contribution in [0.5, 0.6) is 0 Å². The molecule has 2 aliphatic heterocycles. The van der Waals surface area contributed by atoms with Crippen molar-refractivity contribution in [2.75, 3.05) is 7.05 Å². The second-order valence-electron chi connectivity index (χ2n) is 5.58. The van der Waals surface area contributed by atoms with Gasteiger partial charge in [-0.25, -0.2) is 0 Å². The molecule has 0 radical (unpaired) electrons. The van der Waals surface area contributed by atoms with E-state index in [9.17, 15) is 0 Å². The number of likely N-dealkylation sites (N-methyl/N-ethyl adjacent to an activating group) is 1. The lowest BCUT2D eigenvalue weighted by molar-refractivity contribution is 0.0863. The van der Waals surface area contributed by atoms with Gasteiger partial charge in [-0.3, -0.25) is 4.68 Å². The van der Waals surface area contributed by atoms with E-state index in [0.29, 0.717) is 24.2 Å². The number of hydrogen-bond acceptors (Lipinski definition) is 3. The van der Waals surface area contributed by atoms with E-state index in [1.54, 1.807) is 0 Å². The second-order valence-corrected chi connectivity index (χ2v) is 5.58. The topological polar surface area (TPSA) is 39.1 Å². The van der Waals surface area contributed by atoms with Gasteiger partial charge in [-0.1, -0.05) is 0 Å². The van der Waals surface area contributed by atoms with Gasteiger partial charge in [0.25, 0.3) is 0 Å². The Morgan fingerprint density at radius 3 is 3.00 bits per heavy atom. The molecule has 2 fully saturated rings. The molecule has 0 aromatic carbocycles. The summed E-state index contributed by atoms with van der Waals surface area (Å²) in [6, 6.07) is 0.523. The molecule has 4 heteroatoms. The molecule has 0 aliphatic carbocycles. The van der Waals surface area contributed by atoms with E-state index >= 15 is 0 Å². The molecule has 0 saturated carbocycles. The molecule has 2 bridgehead atoms. The van der Waals surface area contributed by atoms with Crippen LogP contribution in [0.15, 0.2) is 12.4 Å². The first-order valence-corrected chi connectivity index (χ1v) is 7.14. The third-order valence-corrected chi connectivity index (χ3v) is 4.51. The van der Waals surface area contributed by atoms with E-state index < -0.39 is 0 Å². The summed E-state index contributed by atoms with van der Waals surface area (Å²) in [6.45, 7) is 3.07. The summed E-state index contributed by atoms with van der Waals surface area (Å²) in [4.78, 5) is 0.